The number of hydrogen-bond acceptors (Lipinski definition) is 4. The summed E-state index contributed by atoms with van der Waals surface area (Å²) in [7, 11) is 0. The quantitative estimate of drug-likeness (QED) is 0.615. The number of anilines is 1. The van der Waals surface area contributed by atoms with E-state index >= 15 is 0 Å². The summed E-state index contributed by atoms with van der Waals surface area (Å²) >= 11 is 0. The van der Waals surface area contributed by atoms with Crippen LogP contribution in [0.25, 0.3) is 6.08 Å². The number of nitrogens with zero attached hydrogens (tertiary/aromatic N) is 2. The van der Waals surface area contributed by atoms with Gasteiger partial charge in [0.1, 0.15) is 0 Å². The third kappa shape index (κ3) is 4.99. The topological polar surface area (TPSA) is 80.9 Å². The van der Waals surface area contributed by atoms with Gasteiger partial charge < -0.3 is 11.1 Å². The van der Waals surface area contributed by atoms with Gasteiger partial charge in [-0.05, 0) is 24.8 Å². The van der Waals surface area contributed by atoms with Crippen molar-refractivity contribution in [2.75, 3.05) is 12.3 Å². The molecular formula is C15H22N4O. The Hall–Kier alpha value is -1.91. The zero-order chi connectivity index (χ0) is 14.2. The molecule has 0 aliphatic heterocycles. The van der Waals surface area contributed by atoms with Crippen LogP contribution in [-0.2, 0) is 4.79 Å². The van der Waals surface area contributed by atoms with Crippen molar-refractivity contribution in [2.45, 2.75) is 38.5 Å². The molecule has 1 fully saturated rings. The highest BCUT2D eigenvalue weighted by Gasteiger charge is 2.13. The summed E-state index contributed by atoms with van der Waals surface area (Å²) in [6, 6.07) is 0. The molecule has 1 saturated carbocycles. The fourth-order valence-corrected chi connectivity index (χ4v) is 2.57. The fraction of sp³-hybridized carbons (Fsp3) is 0.533. The molecule has 5 heteroatoms. The molecule has 1 aromatic heterocycles. The molecule has 0 unspecified atom stereocenters. The molecule has 108 valence electrons. The van der Waals surface area contributed by atoms with Crippen LogP contribution in [0.15, 0.2) is 18.5 Å². The van der Waals surface area contributed by atoms with Crippen molar-refractivity contribution in [1.82, 2.24) is 15.3 Å². The van der Waals surface area contributed by atoms with Gasteiger partial charge in [-0.1, -0.05) is 25.7 Å². The highest BCUT2D eigenvalue weighted by atomic mass is 16.1. The van der Waals surface area contributed by atoms with E-state index in [1.54, 1.807) is 18.5 Å². The number of rotatable bonds is 6. The first-order chi connectivity index (χ1) is 9.74. The van der Waals surface area contributed by atoms with Crippen LogP contribution >= 0.6 is 0 Å². The van der Waals surface area contributed by atoms with E-state index in [1.165, 1.54) is 38.2 Å². The lowest BCUT2D eigenvalue weighted by Crippen LogP contribution is -2.22. The summed E-state index contributed by atoms with van der Waals surface area (Å²) in [6.45, 7) is 0.748. The molecule has 20 heavy (non-hydrogen) atoms. The summed E-state index contributed by atoms with van der Waals surface area (Å²) < 4.78 is 0. The maximum atomic E-state index is 11.6. The Kier molecular flexibility index (Phi) is 5.53. The minimum atomic E-state index is -0.0757. The van der Waals surface area contributed by atoms with Gasteiger partial charge in [0.2, 0.25) is 11.9 Å². The van der Waals surface area contributed by atoms with Crippen LogP contribution < -0.4 is 11.1 Å². The molecule has 3 N–H and O–H groups in total. The van der Waals surface area contributed by atoms with Crippen molar-refractivity contribution in [3.63, 3.8) is 0 Å². The van der Waals surface area contributed by atoms with Crippen LogP contribution in [0, 0.1) is 5.92 Å². The van der Waals surface area contributed by atoms with Crippen molar-refractivity contribution >= 4 is 17.9 Å². The van der Waals surface area contributed by atoms with E-state index in [4.69, 9.17) is 5.73 Å². The van der Waals surface area contributed by atoms with Crippen molar-refractivity contribution in [1.29, 1.82) is 0 Å². The molecule has 1 amide bonds. The van der Waals surface area contributed by atoms with Crippen LogP contribution in [0.2, 0.25) is 0 Å². The van der Waals surface area contributed by atoms with Crippen molar-refractivity contribution in [3.05, 3.63) is 24.0 Å². The molecular weight excluding hydrogens is 252 g/mol. The van der Waals surface area contributed by atoms with E-state index in [1.807, 2.05) is 0 Å². The number of carbonyl (C=O) groups is 1. The Morgan fingerprint density at radius 1 is 1.35 bits per heavy atom. The average molecular weight is 274 g/mol. The van der Waals surface area contributed by atoms with Crippen molar-refractivity contribution < 1.29 is 4.79 Å². The number of aromatic nitrogens is 2. The molecule has 0 atom stereocenters. The summed E-state index contributed by atoms with van der Waals surface area (Å²) in [5, 5.41) is 2.90. The smallest absolute Gasteiger partial charge is 0.244 e. The molecule has 1 heterocycles. The molecule has 1 aliphatic rings. The molecule has 1 aromatic rings. The Balaban J connectivity index is 1.63. The van der Waals surface area contributed by atoms with E-state index < -0.39 is 0 Å². The molecule has 0 bridgehead atoms. The highest BCUT2D eigenvalue weighted by molar-refractivity contribution is 5.91. The first-order valence-electron chi connectivity index (χ1n) is 7.27. The Bertz CT molecular complexity index is 449. The molecule has 0 spiro atoms. The first-order valence-corrected chi connectivity index (χ1v) is 7.27. The van der Waals surface area contributed by atoms with Gasteiger partial charge in [-0.2, -0.15) is 0 Å². The van der Waals surface area contributed by atoms with Gasteiger partial charge >= 0.3 is 0 Å². The fourth-order valence-electron chi connectivity index (χ4n) is 2.57. The Morgan fingerprint density at radius 3 is 2.75 bits per heavy atom. The third-order valence-corrected chi connectivity index (χ3v) is 3.68. The van der Waals surface area contributed by atoms with Gasteiger partial charge in [-0.15, -0.1) is 0 Å². The molecule has 0 aromatic carbocycles. The van der Waals surface area contributed by atoms with Crippen LogP contribution in [0.4, 0.5) is 5.95 Å². The van der Waals surface area contributed by atoms with E-state index in [0.29, 0.717) is 0 Å². The average Bonchev–Trinajstić information content (AvgIpc) is 2.96. The molecule has 1 aliphatic carbocycles. The van der Waals surface area contributed by atoms with Crippen LogP contribution in [0.3, 0.4) is 0 Å². The maximum Gasteiger partial charge on any atom is 0.244 e. The molecule has 2 rings (SSSR count). The van der Waals surface area contributed by atoms with Gasteiger partial charge in [-0.3, -0.25) is 4.79 Å². The SMILES string of the molecule is Nc1ncc(/C=C/C(=O)NCCCC2CCCC2)cn1. The largest absolute Gasteiger partial charge is 0.368 e. The molecule has 5 nitrogen and oxygen atoms in total. The minimum Gasteiger partial charge on any atom is -0.368 e. The predicted octanol–water partition coefficient (Wildman–Crippen LogP) is 2.16. The lowest BCUT2D eigenvalue weighted by atomic mass is 10.0. The minimum absolute atomic E-state index is 0.0757. The standard InChI is InChI=1S/C15H22N4O/c16-15-18-10-13(11-19-15)7-8-14(20)17-9-3-6-12-4-1-2-5-12/h7-8,10-12H,1-6,9H2,(H,17,20)(H2,16,18,19)/b8-7+. The lowest BCUT2D eigenvalue weighted by molar-refractivity contribution is -0.116. The number of amides is 1. The van der Waals surface area contributed by atoms with Gasteiger partial charge in [0.05, 0.1) is 0 Å². The third-order valence-electron chi connectivity index (χ3n) is 3.68. The number of hydrogen-bond donors (Lipinski definition) is 2. The van der Waals surface area contributed by atoms with Crippen LogP contribution in [0.1, 0.15) is 44.1 Å². The van der Waals surface area contributed by atoms with E-state index in [2.05, 4.69) is 15.3 Å². The second-order valence-corrected chi connectivity index (χ2v) is 5.29. The van der Waals surface area contributed by atoms with Gasteiger partial charge in [-0.25, -0.2) is 9.97 Å². The predicted molar refractivity (Wildman–Crippen MR) is 79.7 cm³/mol. The van der Waals surface area contributed by atoms with Gasteiger partial charge in [0.15, 0.2) is 0 Å². The number of nitrogen functional groups attached to an aromatic ring is 1. The second kappa shape index (κ2) is 7.62. The Labute approximate surface area is 119 Å². The zero-order valence-corrected chi connectivity index (χ0v) is 11.7. The number of nitrogens with two attached hydrogens (primary N) is 1. The van der Waals surface area contributed by atoms with E-state index in [-0.39, 0.29) is 11.9 Å². The molecule has 0 saturated heterocycles. The van der Waals surface area contributed by atoms with Crippen molar-refractivity contribution in [2.24, 2.45) is 5.92 Å². The van der Waals surface area contributed by atoms with Crippen LogP contribution in [-0.4, -0.2) is 22.4 Å². The van der Waals surface area contributed by atoms with Gasteiger partial charge in [0.25, 0.3) is 0 Å². The first kappa shape index (κ1) is 14.5. The number of carbonyl (C=O) groups excluding carboxylic acids is 1. The van der Waals surface area contributed by atoms with E-state index in [0.717, 1.165) is 24.4 Å². The summed E-state index contributed by atoms with van der Waals surface area (Å²) in [6.07, 6.45) is 14.2. The summed E-state index contributed by atoms with van der Waals surface area (Å²) in [5.74, 6) is 1.04. The maximum absolute atomic E-state index is 11.6. The van der Waals surface area contributed by atoms with Crippen LogP contribution in [0.5, 0.6) is 0 Å². The Morgan fingerprint density at radius 2 is 2.05 bits per heavy atom. The normalized spacial score (nSPS) is 15.8. The van der Waals surface area contributed by atoms with Gasteiger partial charge in [0, 0.05) is 30.6 Å². The monoisotopic (exact) mass is 274 g/mol. The highest BCUT2D eigenvalue weighted by Crippen LogP contribution is 2.28. The zero-order valence-electron chi connectivity index (χ0n) is 11.7. The summed E-state index contributed by atoms with van der Waals surface area (Å²) in [4.78, 5) is 19.3. The lowest BCUT2D eigenvalue weighted by Gasteiger charge is -2.08. The van der Waals surface area contributed by atoms with Crippen molar-refractivity contribution in [3.8, 4) is 0 Å². The molecule has 0 radical (unpaired) electrons. The summed E-state index contributed by atoms with van der Waals surface area (Å²) in [5.41, 5.74) is 6.15. The van der Waals surface area contributed by atoms with E-state index in [9.17, 15) is 4.79 Å². The second-order valence-electron chi connectivity index (χ2n) is 5.29. The number of nitrogens with one attached hydrogen (secondary N) is 1.